The number of amidine groups is 1. The van der Waals surface area contributed by atoms with E-state index in [1.165, 1.54) is 0 Å². The fourth-order valence-corrected chi connectivity index (χ4v) is 1.37. The molecular formula is C11H17N3. The number of rotatable bonds is 3. The number of nitrogens with one attached hydrogen (secondary N) is 1. The van der Waals surface area contributed by atoms with Crippen LogP contribution >= 0.6 is 0 Å². The average Bonchev–Trinajstić information content (AvgIpc) is 2.16. The van der Waals surface area contributed by atoms with E-state index in [-0.39, 0.29) is 5.84 Å². The summed E-state index contributed by atoms with van der Waals surface area (Å²) in [4.78, 5) is 2.08. The Bertz CT molecular complexity index is 344. The van der Waals surface area contributed by atoms with Gasteiger partial charge in [-0.1, -0.05) is 11.6 Å². The number of nitrogen functional groups attached to an aromatic ring is 1. The topological polar surface area (TPSA) is 53.1 Å². The molecule has 1 aromatic rings. The predicted octanol–water partition coefficient (Wildman–Crippen LogP) is 1.74. The van der Waals surface area contributed by atoms with E-state index in [0.29, 0.717) is 0 Å². The average molecular weight is 191 g/mol. The summed E-state index contributed by atoms with van der Waals surface area (Å²) in [5.41, 5.74) is 8.49. The standard InChI is InChI=1S/C11H17N3/c1-4-14(3)10-6-5-8(2)7-9(10)11(12)13/h5-7H,4H2,1-3H3,(H3,12,13). The zero-order valence-electron chi connectivity index (χ0n) is 8.96. The lowest BCUT2D eigenvalue weighted by molar-refractivity contribution is 0.965. The first-order valence-corrected chi connectivity index (χ1v) is 4.72. The van der Waals surface area contributed by atoms with Crippen LogP contribution in [0.25, 0.3) is 0 Å². The van der Waals surface area contributed by atoms with Crippen LogP contribution in [0.1, 0.15) is 18.1 Å². The molecule has 76 valence electrons. The Hall–Kier alpha value is -1.51. The zero-order valence-corrected chi connectivity index (χ0v) is 8.96. The summed E-state index contributed by atoms with van der Waals surface area (Å²) in [7, 11) is 2.00. The lowest BCUT2D eigenvalue weighted by atomic mass is 10.1. The molecule has 0 spiro atoms. The van der Waals surface area contributed by atoms with Gasteiger partial charge in [-0.2, -0.15) is 0 Å². The molecule has 0 bridgehead atoms. The fraction of sp³-hybridized carbons (Fsp3) is 0.364. The molecule has 0 radical (unpaired) electrons. The molecule has 0 fully saturated rings. The SMILES string of the molecule is CCN(C)c1ccc(C)cc1C(=N)N. The molecule has 0 atom stereocenters. The molecule has 0 aliphatic carbocycles. The molecule has 0 aliphatic heterocycles. The van der Waals surface area contributed by atoms with Crippen molar-refractivity contribution in [3.05, 3.63) is 29.3 Å². The summed E-state index contributed by atoms with van der Waals surface area (Å²) in [6, 6.07) is 5.99. The number of nitrogens with zero attached hydrogens (tertiary/aromatic N) is 1. The third kappa shape index (κ3) is 2.05. The third-order valence-corrected chi connectivity index (χ3v) is 2.33. The van der Waals surface area contributed by atoms with Crippen LogP contribution in [0.3, 0.4) is 0 Å². The van der Waals surface area contributed by atoms with Gasteiger partial charge in [-0.3, -0.25) is 5.41 Å². The van der Waals surface area contributed by atoms with Gasteiger partial charge in [-0.05, 0) is 26.0 Å². The van der Waals surface area contributed by atoms with Crippen molar-refractivity contribution in [2.75, 3.05) is 18.5 Å². The number of hydrogen-bond donors (Lipinski definition) is 2. The lowest BCUT2D eigenvalue weighted by Gasteiger charge is -2.20. The summed E-state index contributed by atoms with van der Waals surface area (Å²) >= 11 is 0. The molecule has 1 rings (SSSR count). The van der Waals surface area contributed by atoms with E-state index in [1.54, 1.807) is 0 Å². The highest BCUT2D eigenvalue weighted by Crippen LogP contribution is 2.20. The number of benzene rings is 1. The predicted molar refractivity (Wildman–Crippen MR) is 61.1 cm³/mol. The van der Waals surface area contributed by atoms with Crippen molar-refractivity contribution in [1.82, 2.24) is 0 Å². The molecular weight excluding hydrogens is 174 g/mol. The van der Waals surface area contributed by atoms with Gasteiger partial charge in [-0.25, -0.2) is 0 Å². The van der Waals surface area contributed by atoms with Crippen LogP contribution < -0.4 is 10.6 Å². The number of anilines is 1. The highest BCUT2D eigenvalue weighted by Gasteiger charge is 2.08. The second-order valence-corrected chi connectivity index (χ2v) is 3.45. The molecule has 3 N–H and O–H groups in total. The van der Waals surface area contributed by atoms with Gasteiger partial charge in [0.05, 0.1) is 0 Å². The molecule has 3 nitrogen and oxygen atoms in total. The van der Waals surface area contributed by atoms with Crippen molar-refractivity contribution in [3.8, 4) is 0 Å². The Balaban J connectivity index is 3.21. The molecule has 1 aromatic carbocycles. The minimum Gasteiger partial charge on any atom is -0.384 e. The first kappa shape index (κ1) is 10.6. The molecule has 0 aliphatic rings. The summed E-state index contributed by atoms with van der Waals surface area (Å²) in [6.07, 6.45) is 0. The maximum absolute atomic E-state index is 7.49. The van der Waals surface area contributed by atoms with Crippen LogP contribution in [0.4, 0.5) is 5.69 Å². The highest BCUT2D eigenvalue weighted by atomic mass is 15.1. The lowest BCUT2D eigenvalue weighted by Crippen LogP contribution is -2.22. The molecule has 3 heteroatoms. The van der Waals surface area contributed by atoms with Gasteiger partial charge in [0.2, 0.25) is 0 Å². The maximum Gasteiger partial charge on any atom is 0.124 e. The Morgan fingerprint density at radius 2 is 2.14 bits per heavy atom. The van der Waals surface area contributed by atoms with Gasteiger partial charge >= 0.3 is 0 Å². The van der Waals surface area contributed by atoms with Gasteiger partial charge in [0, 0.05) is 24.8 Å². The highest BCUT2D eigenvalue weighted by molar-refractivity contribution is 6.00. The zero-order chi connectivity index (χ0) is 10.7. The Morgan fingerprint density at radius 1 is 1.50 bits per heavy atom. The first-order valence-electron chi connectivity index (χ1n) is 4.72. The van der Waals surface area contributed by atoms with Crippen LogP contribution in [0.5, 0.6) is 0 Å². The second kappa shape index (κ2) is 4.13. The van der Waals surface area contributed by atoms with Crippen LogP contribution in [-0.2, 0) is 0 Å². The second-order valence-electron chi connectivity index (χ2n) is 3.45. The molecule has 0 amide bonds. The smallest absolute Gasteiger partial charge is 0.124 e. The van der Waals surface area contributed by atoms with E-state index in [9.17, 15) is 0 Å². The van der Waals surface area contributed by atoms with Crippen molar-refractivity contribution in [3.63, 3.8) is 0 Å². The van der Waals surface area contributed by atoms with Crippen molar-refractivity contribution in [2.24, 2.45) is 5.73 Å². The van der Waals surface area contributed by atoms with E-state index in [2.05, 4.69) is 11.8 Å². The minimum atomic E-state index is 0.129. The molecule has 0 heterocycles. The maximum atomic E-state index is 7.49. The fourth-order valence-electron chi connectivity index (χ4n) is 1.37. The van der Waals surface area contributed by atoms with E-state index in [0.717, 1.165) is 23.4 Å². The van der Waals surface area contributed by atoms with Crippen molar-refractivity contribution in [2.45, 2.75) is 13.8 Å². The van der Waals surface area contributed by atoms with Crippen LogP contribution in [-0.4, -0.2) is 19.4 Å². The van der Waals surface area contributed by atoms with Crippen molar-refractivity contribution >= 4 is 11.5 Å². The quantitative estimate of drug-likeness (QED) is 0.564. The van der Waals surface area contributed by atoms with Gasteiger partial charge in [0.25, 0.3) is 0 Å². The molecule has 14 heavy (non-hydrogen) atoms. The first-order chi connectivity index (χ1) is 6.56. The number of aryl methyl sites for hydroxylation is 1. The van der Waals surface area contributed by atoms with E-state index < -0.39 is 0 Å². The van der Waals surface area contributed by atoms with Crippen LogP contribution in [0, 0.1) is 12.3 Å². The number of nitrogens with two attached hydrogens (primary N) is 1. The molecule has 0 unspecified atom stereocenters. The normalized spacial score (nSPS) is 9.93. The summed E-state index contributed by atoms with van der Waals surface area (Å²) in [5.74, 6) is 0.129. The van der Waals surface area contributed by atoms with Crippen LogP contribution in [0.15, 0.2) is 18.2 Å². The van der Waals surface area contributed by atoms with Gasteiger partial charge in [0.15, 0.2) is 0 Å². The molecule has 0 saturated heterocycles. The monoisotopic (exact) mass is 191 g/mol. The molecule has 0 aromatic heterocycles. The van der Waals surface area contributed by atoms with Crippen molar-refractivity contribution < 1.29 is 0 Å². The van der Waals surface area contributed by atoms with Gasteiger partial charge in [0.1, 0.15) is 5.84 Å². The Kier molecular flexibility index (Phi) is 3.12. The van der Waals surface area contributed by atoms with E-state index >= 15 is 0 Å². The van der Waals surface area contributed by atoms with Crippen LogP contribution in [0.2, 0.25) is 0 Å². The largest absolute Gasteiger partial charge is 0.384 e. The third-order valence-electron chi connectivity index (χ3n) is 2.33. The minimum absolute atomic E-state index is 0.129. The summed E-state index contributed by atoms with van der Waals surface area (Å²) in [5, 5.41) is 7.49. The van der Waals surface area contributed by atoms with Crippen molar-refractivity contribution in [1.29, 1.82) is 5.41 Å². The molecule has 0 saturated carbocycles. The van der Waals surface area contributed by atoms with Gasteiger partial charge < -0.3 is 10.6 Å². The Labute approximate surface area is 85.0 Å². The van der Waals surface area contributed by atoms with Gasteiger partial charge in [-0.15, -0.1) is 0 Å². The Morgan fingerprint density at radius 3 is 2.64 bits per heavy atom. The number of hydrogen-bond acceptors (Lipinski definition) is 2. The van der Waals surface area contributed by atoms with E-state index in [1.807, 2.05) is 32.2 Å². The van der Waals surface area contributed by atoms with E-state index in [4.69, 9.17) is 11.1 Å². The summed E-state index contributed by atoms with van der Waals surface area (Å²) in [6.45, 7) is 4.98. The summed E-state index contributed by atoms with van der Waals surface area (Å²) < 4.78 is 0.